The molecule has 2 rings (SSSR count). The molecule has 98 valence electrons. The highest BCUT2D eigenvalue weighted by Gasteiger charge is 2.19. The zero-order valence-electron chi connectivity index (χ0n) is 10.5. The molecule has 0 unspecified atom stereocenters. The summed E-state index contributed by atoms with van der Waals surface area (Å²) in [6, 6.07) is 9.30. The molecule has 19 heavy (non-hydrogen) atoms. The van der Waals surface area contributed by atoms with Gasteiger partial charge in [-0.2, -0.15) is 0 Å². The lowest BCUT2D eigenvalue weighted by Gasteiger charge is -1.97. The average Bonchev–Trinajstić information content (AvgIpc) is 2.82. The molecule has 1 aromatic carbocycles. The van der Waals surface area contributed by atoms with Gasteiger partial charge in [-0.15, -0.1) is 0 Å². The highest BCUT2D eigenvalue weighted by atomic mass is 16.5. The van der Waals surface area contributed by atoms with Crippen molar-refractivity contribution in [1.82, 2.24) is 10.3 Å². The van der Waals surface area contributed by atoms with E-state index in [1.165, 1.54) is 7.11 Å². The number of methoxy groups -OCH3 is 1. The Bertz CT molecular complexity index is 604. The van der Waals surface area contributed by atoms with Crippen LogP contribution in [-0.2, 0) is 4.74 Å². The van der Waals surface area contributed by atoms with E-state index in [2.05, 4.69) is 9.72 Å². The van der Waals surface area contributed by atoms with Crippen LogP contribution >= 0.6 is 0 Å². The highest BCUT2D eigenvalue weighted by Crippen LogP contribution is 2.22. The quantitative estimate of drug-likeness (QED) is 0.894. The van der Waals surface area contributed by atoms with Gasteiger partial charge in [0.15, 0.2) is 0 Å². The monoisotopic (exact) mass is 260 g/mol. The lowest BCUT2D eigenvalue weighted by molar-refractivity contribution is 0.0901. The summed E-state index contributed by atoms with van der Waals surface area (Å²) < 4.78 is 9.57. The Kier molecular flexibility index (Phi) is 3.61. The number of aryl methyl sites for hydroxylation is 1. The van der Waals surface area contributed by atoms with Crippen molar-refractivity contribution in [3.63, 3.8) is 0 Å². The molecule has 1 aromatic heterocycles. The number of rotatable bonds is 2. The molecule has 0 aliphatic heterocycles. The smallest absolute Gasteiger partial charge is 0.413 e. The van der Waals surface area contributed by atoms with Gasteiger partial charge in [-0.3, -0.25) is 10.1 Å². The number of amides is 2. The van der Waals surface area contributed by atoms with Gasteiger partial charge >= 0.3 is 12.0 Å². The first kappa shape index (κ1) is 12.8. The van der Waals surface area contributed by atoms with Gasteiger partial charge in [0.1, 0.15) is 11.5 Å². The fourth-order valence-corrected chi connectivity index (χ4v) is 1.55. The molecule has 0 aliphatic carbocycles. The number of aromatic nitrogens is 1. The fraction of sp³-hybridized carbons (Fsp3) is 0.154. The van der Waals surface area contributed by atoms with E-state index in [1.54, 1.807) is 6.92 Å². The molecule has 1 heterocycles. The molecule has 0 fully saturated rings. The molecule has 0 spiro atoms. The Morgan fingerprint density at radius 1 is 1.26 bits per heavy atom. The van der Waals surface area contributed by atoms with Crippen LogP contribution < -0.4 is 5.32 Å². The van der Waals surface area contributed by atoms with Crippen molar-refractivity contribution >= 4 is 12.0 Å². The molecule has 6 heteroatoms. The van der Waals surface area contributed by atoms with Gasteiger partial charge in [-0.05, 0) is 6.92 Å². The van der Waals surface area contributed by atoms with Gasteiger partial charge in [0.25, 0.3) is 5.89 Å². The predicted molar refractivity (Wildman–Crippen MR) is 66.5 cm³/mol. The minimum Gasteiger partial charge on any atom is -0.453 e. The van der Waals surface area contributed by atoms with Crippen molar-refractivity contribution in [1.29, 1.82) is 0 Å². The predicted octanol–water partition coefficient (Wildman–Crippen LogP) is 2.15. The second-order valence-electron chi connectivity index (χ2n) is 3.74. The normalized spacial score (nSPS) is 10.0. The topological polar surface area (TPSA) is 81.4 Å². The molecule has 0 saturated heterocycles. The average molecular weight is 260 g/mol. The maximum atomic E-state index is 11.6. The second-order valence-corrected chi connectivity index (χ2v) is 3.74. The Morgan fingerprint density at radius 3 is 2.58 bits per heavy atom. The lowest BCUT2D eigenvalue weighted by atomic mass is 10.1. The molecule has 0 saturated carbocycles. The maximum absolute atomic E-state index is 11.6. The van der Waals surface area contributed by atoms with E-state index in [9.17, 15) is 9.59 Å². The van der Waals surface area contributed by atoms with Crippen molar-refractivity contribution in [2.24, 2.45) is 0 Å². The van der Waals surface area contributed by atoms with Gasteiger partial charge in [0.2, 0.25) is 0 Å². The third-order valence-electron chi connectivity index (χ3n) is 2.44. The number of carbonyl (C=O) groups is 2. The summed E-state index contributed by atoms with van der Waals surface area (Å²) in [6.45, 7) is 1.70. The Labute approximate surface area is 109 Å². The molecule has 2 aromatic rings. The van der Waals surface area contributed by atoms with Crippen LogP contribution in [0.25, 0.3) is 11.3 Å². The number of benzene rings is 1. The Hall–Kier alpha value is -2.63. The molecule has 1 N–H and O–H groups in total. The minimum atomic E-state index is -0.859. The number of alkyl carbamates (subject to hydrolysis) is 1. The fourth-order valence-electron chi connectivity index (χ4n) is 1.55. The van der Waals surface area contributed by atoms with Crippen LogP contribution in [0.2, 0.25) is 0 Å². The molecule has 0 aliphatic rings. The highest BCUT2D eigenvalue weighted by molar-refractivity contribution is 6.00. The van der Waals surface area contributed by atoms with E-state index >= 15 is 0 Å². The summed E-state index contributed by atoms with van der Waals surface area (Å²) in [5.74, 6) is -0.417. The molecule has 0 atom stereocenters. The van der Waals surface area contributed by atoms with E-state index in [0.29, 0.717) is 11.5 Å². The van der Waals surface area contributed by atoms with Crippen LogP contribution in [0, 0.1) is 6.92 Å². The van der Waals surface area contributed by atoms with E-state index < -0.39 is 12.0 Å². The summed E-state index contributed by atoms with van der Waals surface area (Å²) in [5, 5.41) is 1.98. The van der Waals surface area contributed by atoms with E-state index in [1.807, 2.05) is 35.6 Å². The largest absolute Gasteiger partial charge is 0.453 e. The van der Waals surface area contributed by atoms with Crippen molar-refractivity contribution in [3.05, 3.63) is 42.0 Å². The van der Waals surface area contributed by atoms with Crippen LogP contribution in [0.1, 0.15) is 16.4 Å². The Morgan fingerprint density at radius 2 is 1.95 bits per heavy atom. The first-order chi connectivity index (χ1) is 9.11. The van der Waals surface area contributed by atoms with Crippen molar-refractivity contribution in [2.45, 2.75) is 6.92 Å². The SMILES string of the molecule is COC(=O)NC(=O)c1nc(-c2ccccc2)c(C)o1. The number of imide groups is 1. The number of ether oxygens (including phenoxy) is 1. The standard InChI is InChI=1S/C13H12N2O4/c1-8-10(9-6-4-3-5-7-9)14-12(19-8)11(16)15-13(17)18-2/h3-7H,1-2H3,(H,15,16,17). The van der Waals surface area contributed by atoms with E-state index in [4.69, 9.17) is 4.42 Å². The number of carbonyl (C=O) groups excluding carboxylic acids is 2. The van der Waals surface area contributed by atoms with Gasteiger partial charge in [0, 0.05) is 5.56 Å². The lowest BCUT2D eigenvalue weighted by Crippen LogP contribution is -2.30. The van der Waals surface area contributed by atoms with E-state index in [0.717, 1.165) is 5.56 Å². The molecule has 0 bridgehead atoms. The summed E-state index contributed by atoms with van der Waals surface area (Å²) >= 11 is 0. The van der Waals surface area contributed by atoms with Gasteiger partial charge < -0.3 is 9.15 Å². The molecule has 0 radical (unpaired) electrons. The number of nitrogens with zero attached hydrogens (tertiary/aromatic N) is 1. The summed E-state index contributed by atoms with van der Waals surface area (Å²) in [4.78, 5) is 26.7. The van der Waals surface area contributed by atoms with Crippen LogP contribution in [0.15, 0.2) is 34.7 Å². The molecule has 2 amide bonds. The van der Waals surface area contributed by atoms with Crippen LogP contribution in [0.4, 0.5) is 4.79 Å². The third-order valence-corrected chi connectivity index (χ3v) is 2.44. The summed E-state index contributed by atoms with van der Waals surface area (Å²) in [5.41, 5.74) is 1.40. The van der Waals surface area contributed by atoms with Crippen molar-refractivity contribution in [2.75, 3.05) is 7.11 Å². The molecule has 6 nitrogen and oxygen atoms in total. The van der Waals surface area contributed by atoms with Crippen LogP contribution in [0.5, 0.6) is 0 Å². The van der Waals surface area contributed by atoms with Gasteiger partial charge in [-0.1, -0.05) is 30.3 Å². The Balaban J connectivity index is 2.27. The van der Waals surface area contributed by atoms with Crippen molar-refractivity contribution in [3.8, 4) is 11.3 Å². The number of nitrogens with one attached hydrogen (secondary N) is 1. The van der Waals surface area contributed by atoms with Gasteiger partial charge in [0.05, 0.1) is 7.11 Å². The van der Waals surface area contributed by atoms with Crippen LogP contribution in [0.3, 0.4) is 0 Å². The summed E-state index contributed by atoms with van der Waals surface area (Å²) in [7, 11) is 1.17. The molecular formula is C13H12N2O4. The first-order valence-electron chi connectivity index (χ1n) is 5.54. The van der Waals surface area contributed by atoms with E-state index in [-0.39, 0.29) is 5.89 Å². The van der Waals surface area contributed by atoms with Crippen molar-refractivity contribution < 1.29 is 18.7 Å². The number of hydrogen-bond donors (Lipinski definition) is 1. The zero-order chi connectivity index (χ0) is 13.8. The first-order valence-corrected chi connectivity index (χ1v) is 5.54. The number of hydrogen-bond acceptors (Lipinski definition) is 5. The zero-order valence-corrected chi connectivity index (χ0v) is 10.5. The van der Waals surface area contributed by atoms with Gasteiger partial charge in [-0.25, -0.2) is 9.78 Å². The van der Waals surface area contributed by atoms with Crippen LogP contribution in [-0.4, -0.2) is 24.1 Å². The third kappa shape index (κ3) is 2.79. The minimum absolute atomic E-state index is 0.179. The number of oxazole rings is 1. The molecular weight excluding hydrogens is 248 g/mol. The summed E-state index contributed by atoms with van der Waals surface area (Å²) in [6.07, 6.45) is -0.859. The maximum Gasteiger partial charge on any atom is 0.413 e. The second kappa shape index (κ2) is 5.34.